The van der Waals surface area contributed by atoms with Gasteiger partial charge in [-0.2, -0.15) is 5.10 Å². The Kier molecular flexibility index (Phi) is 5.35. The zero-order chi connectivity index (χ0) is 14.4. The normalized spacial score (nSPS) is 10.4. The molecule has 0 aromatic carbocycles. The second-order valence-electron chi connectivity index (χ2n) is 4.37. The lowest BCUT2D eigenvalue weighted by Gasteiger charge is -2.05. The Morgan fingerprint density at radius 1 is 1.37 bits per heavy atom. The van der Waals surface area contributed by atoms with Gasteiger partial charge in [0.2, 0.25) is 5.91 Å². The lowest BCUT2D eigenvalue weighted by molar-refractivity contribution is -0.118. The van der Waals surface area contributed by atoms with Crippen molar-refractivity contribution < 1.29 is 9.59 Å². The van der Waals surface area contributed by atoms with Crippen molar-refractivity contribution in [3.63, 3.8) is 0 Å². The van der Waals surface area contributed by atoms with Gasteiger partial charge in [0.15, 0.2) is 0 Å². The van der Waals surface area contributed by atoms with E-state index < -0.39 is 0 Å². The summed E-state index contributed by atoms with van der Waals surface area (Å²) in [5.74, 6) is -0.568. The Bertz CT molecular complexity index is 467. The minimum atomic E-state index is -0.324. The number of amides is 2. The number of carbonyl (C=O) groups is 2. The third kappa shape index (κ3) is 3.97. The molecule has 1 aromatic heterocycles. The SMILES string of the molecule is CCc1nn(C)c(C(=O)NCCCCC(N)=O)c1N. The fraction of sp³-hybridized carbons (Fsp3) is 0.583. The molecular weight excluding hydrogens is 246 g/mol. The van der Waals surface area contributed by atoms with Gasteiger partial charge in [-0.3, -0.25) is 14.3 Å². The highest BCUT2D eigenvalue weighted by Gasteiger charge is 2.18. The third-order valence-electron chi connectivity index (χ3n) is 2.85. The molecule has 1 aromatic rings. The number of unbranched alkanes of at least 4 members (excludes halogenated alkanes) is 1. The number of nitrogens with one attached hydrogen (secondary N) is 1. The van der Waals surface area contributed by atoms with Gasteiger partial charge < -0.3 is 16.8 Å². The molecule has 1 rings (SSSR count). The van der Waals surface area contributed by atoms with E-state index in [-0.39, 0.29) is 11.8 Å². The molecular formula is C12H21N5O2. The predicted octanol–water partition coefficient (Wildman–Crippen LogP) is -0.0499. The summed E-state index contributed by atoms with van der Waals surface area (Å²) in [6.45, 7) is 2.42. The molecule has 0 unspecified atom stereocenters. The smallest absolute Gasteiger partial charge is 0.271 e. The molecule has 0 spiro atoms. The molecule has 106 valence electrons. The van der Waals surface area contributed by atoms with Gasteiger partial charge >= 0.3 is 0 Å². The second kappa shape index (κ2) is 6.77. The number of carbonyl (C=O) groups excluding carboxylic acids is 2. The number of primary amides is 1. The van der Waals surface area contributed by atoms with E-state index >= 15 is 0 Å². The molecule has 0 saturated carbocycles. The summed E-state index contributed by atoms with van der Waals surface area (Å²) in [6, 6.07) is 0. The summed E-state index contributed by atoms with van der Waals surface area (Å²) in [5.41, 5.74) is 12.4. The van der Waals surface area contributed by atoms with Crippen LogP contribution in [0.3, 0.4) is 0 Å². The Hall–Kier alpha value is -2.05. The maximum absolute atomic E-state index is 12.0. The first-order valence-electron chi connectivity index (χ1n) is 6.35. The lowest BCUT2D eigenvalue weighted by atomic mass is 10.2. The molecule has 19 heavy (non-hydrogen) atoms. The average molecular weight is 267 g/mol. The van der Waals surface area contributed by atoms with Crippen LogP contribution < -0.4 is 16.8 Å². The molecule has 0 radical (unpaired) electrons. The summed E-state index contributed by atoms with van der Waals surface area (Å²) in [5, 5.41) is 6.95. The molecule has 1 heterocycles. The second-order valence-corrected chi connectivity index (χ2v) is 4.37. The number of nitrogens with zero attached hydrogens (tertiary/aromatic N) is 2. The molecule has 0 bridgehead atoms. The maximum Gasteiger partial charge on any atom is 0.271 e. The quantitative estimate of drug-likeness (QED) is 0.600. The van der Waals surface area contributed by atoms with Gasteiger partial charge in [0.1, 0.15) is 5.69 Å². The van der Waals surface area contributed by atoms with E-state index in [4.69, 9.17) is 11.5 Å². The highest BCUT2D eigenvalue weighted by atomic mass is 16.2. The van der Waals surface area contributed by atoms with Gasteiger partial charge in [0, 0.05) is 20.0 Å². The van der Waals surface area contributed by atoms with E-state index in [1.807, 2.05) is 6.92 Å². The van der Waals surface area contributed by atoms with Crippen LogP contribution in [-0.2, 0) is 18.3 Å². The number of anilines is 1. The van der Waals surface area contributed by atoms with Crippen LogP contribution in [0.2, 0.25) is 0 Å². The Labute approximate surface area is 112 Å². The van der Waals surface area contributed by atoms with Gasteiger partial charge in [0.05, 0.1) is 11.4 Å². The number of rotatable bonds is 7. The first kappa shape index (κ1) is 15.0. The predicted molar refractivity (Wildman–Crippen MR) is 72.4 cm³/mol. The van der Waals surface area contributed by atoms with Crippen molar-refractivity contribution in [2.45, 2.75) is 32.6 Å². The molecule has 0 aliphatic carbocycles. The number of nitrogens with two attached hydrogens (primary N) is 2. The van der Waals surface area contributed by atoms with E-state index in [1.54, 1.807) is 7.05 Å². The van der Waals surface area contributed by atoms with Crippen LogP contribution in [0.1, 0.15) is 42.4 Å². The molecule has 0 aliphatic rings. The topological polar surface area (TPSA) is 116 Å². The van der Waals surface area contributed by atoms with Gasteiger partial charge in [0.25, 0.3) is 5.91 Å². The van der Waals surface area contributed by atoms with Crippen LogP contribution in [-0.4, -0.2) is 28.1 Å². The van der Waals surface area contributed by atoms with Crippen LogP contribution in [0.4, 0.5) is 5.69 Å². The largest absolute Gasteiger partial charge is 0.395 e. The van der Waals surface area contributed by atoms with Gasteiger partial charge in [-0.25, -0.2) is 0 Å². The summed E-state index contributed by atoms with van der Waals surface area (Å²) >= 11 is 0. The van der Waals surface area contributed by atoms with Gasteiger partial charge in [-0.1, -0.05) is 6.92 Å². The Balaban J connectivity index is 2.50. The molecule has 2 amide bonds. The van der Waals surface area contributed by atoms with Crippen molar-refractivity contribution in [1.82, 2.24) is 15.1 Å². The first-order valence-corrected chi connectivity index (χ1v) is 6.35. The van der Waals surface area contributed by atoms with Gasteiger partial charge in [-0.15, -0.1) is 0 Å². The highest BCUT2D eigenvalue weighted by molar-refractivity contribution is 5.97. The molecule has 5 N–H and O–H groups in total. The molecule has 0 atom stereocenters. The Morgan fingerprint density at radius 3 is 2.58 bits per heavy atom. The van der Waals surface area contributed by atoms with Crippen LogP contribution >= 0.6 is 0 Å². The molecule has 0 fully saturated rings. The zero-order valence-electron chi connectivity index (χ0n) is 11.4. The highest BCUT2D eigenvalue weighted by Crippen LogP contribution is 2.16. The van der Waals surface area contributed by atoms with E-state index in [9.17, 15) is 9.59 Å². The van der Waals surface area contributed by atoms with Crippen LogP contribution in [0.15, 0.2) is 0 Å². The van der Waals surface area contributed by atoms with Gasteiger partial charge in [-0.05, 0) is 19.3 Å². The molecule has 0 saturated heterocycles. The van der Waals surface area contributed by atoms with Crippen LogP contribution in [0.5, 0.6) is 0 Å². The first-order chi connectivity index (χ1) is 8.97. The lowest BCUT2D eigenvalue weighted by Crippen LogP contribution is -2.27. The van der Waals surface area contributed by atoms with Crippen molar-refractivity contribution in [3.8, 4) is 0 Å². The summed E-state index contributed by atoms with van der Waals surface area (Å²) < 4.78 is 1.49. The van der Waals surface area contributed by atoms with Crippen molar-refractivity contribution in [3.05, 3.63) is 11.4 Å². The van der Waals surface area contributed by atoms with Crippen molar-refractivity contribution >= 4 is 17.5 Å². The van der Waals surface area contributed by atoms with E-state index in [2.05, 4.69) is 10.4 Å². The number of aryl methyl sites for hydroxylation is 2. The third-order valence-corrected chi connectivity index (χ3v) is 2.85. The summed E-state index contributed by atoms with van der Waals surface area (Å²) in [4.78, 5) is 22.5. The average Bonchev–Trinajstić information content (AvgIpc) is 2.63. The molecule has 7 nitrogen and oxygen atoms in total. The Morgan fingerprint density at radius 2 is 2.05 bits per heavy atom. The number of nitrogen functional groups attached to an aromatic ring is 1. The summed E-state index contributed by atoms with van der Waals surface area (Å²) in [7, 11) is 1.69. The van der Waals surface area contributed by atoms with E-state index in [1.165, 1.54) is 4.68 Å². The minimum absolute atomic E-state index is 0.244. The maximum atomic E-state index is 12.0. The van der Waals surface area contributed by atoms with Crippen LogP contribution in [0.25, 0.3) is 0 Å². The minimum Gasteiger partial charge on any atom is -0.395 e. The van der Waals surface area contributed by atoms with E-state index in [0.717, 1.165) is 5.69 Å². The molecule has 0 aliphatic heterocycles. The fourth-order valence-electron chi connectivity index (χ4n) is 1.84. The van der Waals surface area contributed by atoms with E-state index in [0.29, 0.717) is 43.6 Å². The van der Waals surface area contributed by atoms with Crippen molar-refractivity contribution in [2.24, 2.45) is 12.8 Å². The standard InChI is InChI=1S/C12H21N5O2/c1-3-8-10(14)11(17(2)16-8)12(19)15-7-5-4-6-9(13)18/h3-7,14H2,1-2H3,(H2,13,18)(H,15,19). The van der Waals surface area contributed by atoms with Crippen molar-refractivity contribution in [1.29, 1.82) is 0 Å². The number of hydrogen-bond donors (Lipinski definition) is 3. The summed E-state index contributed by atoms with van der Waals surface area (Å²) in [6.07, 6.45) is 2.39. The fourth-order valence-corrected chi connectivity index (χ4v) is 1.84. The van der Waals surface area contributed by atoms with Crippen LogP contribution in [0, 0.1) is 0 Å². The monoisotopic (exact) mass is 267 g/mol. The number of hydrogen-bond acceptors (Lipinski definition) is 4. The molecule has 7 heteroatoms. The number of aromatic nitrogens is 2. The zero-order valence-corrected chi connectivity index (χ0v) is 11.4. The van der Waals surface area contributed by atoms with Crippen molar-refractivity contribution in [2.75, 3.05) is 12.3 Å².